The molecule has 0 saturated heterocycles. The van der Waals surface area contributed by atoms with Gasteiger partial charge in [-0.2, -0.15) is 0 Å². The number of aliphatic imine (C=N–C) groups is 1. The van der Waals surface area contributed by atoms with E-state index in [4.69, 9.17) is 0 Å². The molecular formula is C13H26N2. The van der Waals surface area contributed by atoms with Crippen molar-refractivity contribution in [1.29, 1.82) is 0 Å². The number of nitrogens with one attached hydrogen (secondary N) is 1. The van der Waals surface area contributed by atoms with Crippen LogP contribution in [-0.2, 0) is 0 Å². The van der Waals surface area contributed by atoms with Crippen LogP contribution in [0.4, 0.5) is 0 Å². The van der Waals surface area contributed by atoms with Gasteiger partial charge in [-0.15, -0.1) is 0 Å². The summed E-state index contributed by atoms with van der Waals surface area (Å²) in [5.41, 5.74) is 2.31. The topological polar surface area (TPSA) is 24.4 Å². The molecule has 2 unspecified atom stereocenters. The van der Waals surface area contributed by atoms with Gasteiger partial charge < -0.3 is 5.32 Å². The van der Waals surface area contributed by atoms with E-state index in [9.17, 15) is 0 Å². The SMILES string of the molecule is CCC(C)N=C(C)/C=C(/C)NC(C)CC. The van der Waals surface area contributed by atoms with E-state index in [-0.39, 0.29) is 0 Å². The van der Waals surface area contributed by atoms with E-state index in [2.05, 4.69) is 57.9 Å². The van der Waals surface area contributed by atoms with Gasteiger partial charge >= 0.3 is 0 Å². The van der Waals surface area contributed by atoms with Crippen LogP contribution in [0, 0.1) is 0 Å². The molecule has 0 aliphatic rings. The van der Waals surface area contributed by atoms with Gasteiger partial charge in [-0.1, -0.05) is 13.8 Å². The fourth-order valence-corrected chi connectivity index (χ4v) is 1.32. The Balaban J connectivity index is 4.28. The first-order valence-electron chi connectivity index (χ1n) is 5.98. The van der Waals surface area contributed by atoms with Crippen molar-refractivity contribution in [2.24, 2.45) is 4.99 Å². The third-order valence-corrected chi connectivity index (χ3v) is 2.53. The van der Waals surface area contributed by atoms with Gasteiger partial charge in [-0.25, -0.2) is 0 Å². The second kappa shape index (κ2) is 7.49. The van der Waals surface area contributed by atoms with E-state index in [0.29, 0.717) is 12.1 Å². The Morgan fingerprint density at radius 2 is 1.80 bits per heavy atom. The van der Waals surface area contributed by atoms with Gasteiger partial charge in [0.2, 0.25) is 0 Å². The fraction of sp³-hybridized carbons (Fsp3) is 0.769. The number of hydrogen-bond acceptors (Lipinski definition) is 2. The minimum Gasteiger partial charge on any atom is -0.386 e. The van der Waals surface area contributed by atoms with Crippen molar-refractivity contribution in [2.75, 3.05) is 0 Å². The molecule has 0 fully saturated rings. The zero-order valence-corrected chi connectivity index (χ0v) is 11.1. The molecule has 0 bridgehead atoms. The molecule has 0 aromatic rings. The van der Waals surface area contributed by atoms with Crippen LogP contribution in [0.3, 0.4) is 0 Å². The third-order valence-electron chi connectivity index (χ3n) is 2.53. The van der Waals surface area contributed by atoms with E-state index in [1.165, 1.54) is 5.70 Å². The van der Waals surface area contributed by atoms with Crippen LogP contribution in [0.5, 0.6) is 0 Å². The lowest BCUT2D eigenvalue weighted by Crippen LogP contribution is -2.23. The number of rotatable bonds is 6. The summed E-state index contributed by atoms with van der Waals surface area (Å²) in [7, 11) is 0. The van der Waals surface area contributed by atoms with E-state index < -0.39 is 0 Å². The van der Waals surface area contributed by atoms with Crippen LogP contribution in [0.2, 0.25) is 0 Å². The average Bonchev–Trinajstić information content (AvgIpc) is 2.16. The molecular weight excluding hydrogens is 184 g/mol. The fourth-order valence-electron chi connectivity index (χ4n) is 1.32. The molecule has 88 valence electrons. The Labute approximate surface area is 94.9 Å². The molecule has 2 heteroatoms. The molecule has 0 aliphatic heterocycles. The van der Waals surface area contributed by atoms with E-state index in [1.807, 2.05) is 0 Å². The highest BCUT2D eigenvalue weighted by Crippen LogP contribution is 1.99. The van der Waals surface area contributed by atoms with E-state index in [1.54, 1.807) is 0 Å². The number of hydrogen-bond donors (Lipinski definition) is 1. The summed E-state index contributed by atoms with van der Waals surface area (Å²) in [4.78, 5) is 4.57. The molecule has 0 saturated carbocycles. The van der Waals surface area contributed by atoms with Gasteiger partial charge in [0.25, 0.3) is 0 Å². The minimum absolute atomic E-state index is 0.428. The lowest BCUT2D eigenvalue weighted by molar-refractivity contribution is 0.596. The first-order valence-corrected chi connectivity index (χ1v) is 5.98. The van der Waals surface area contributed by atoms with Crippen LogP contribution in [0.15, 0.2) is 16.8 Å². The van der Waals surface area contributed by atoms with Crippen molar-refractivity contribution in [3.63, 3.8) is 0 Å². The Bertz CT molecular complexity index is 229. The Morgan fingerprint density at radius 3 is 2.27 bits per heavy atom. The van der Waals surface area contributed by atoms with E-state index >= 15 is 0 Å². The van der Waals surface area contributed by atoms with Crippen molar-refractivity contribution in [3.8, 4) is 0 Å². The smallest absolute Gasteiger partial charge is 0.0472 e. The second-order valence-corrected chi connectivity index (χ2v) is 4.31. The summed E-state index contributed by atoms with van der Waals surface area (Å²) in [6.07, 6.45) is 4.37. The normalized spacial score (nSPS) is 17.5. The maximum atomic E-state index is 4.57. The molecule has 0 rings (SSSR count). The summed E-state index contributed by atoms with van der Waals surface area (Å²) in [6, 6.07) is 0.968. The van der Waals surface area contributed by atoms with Crippen molar-refractivity contribution in [3.05, 3.63) is 11.8 Å². The standard InChI is InChI=1S/C13H26N2/c1-7-10(3)14-12(5)9-13(6)15-11(4)8-2/h9-11,14H,7-8H2,1-6H3/b12-9-,15-13?. The van der Waals surface area contributed by atoms with Crippen molar-refractivity contribution in [2.45, 2.75) is 66.5 Å². The molecule has 2 nitrogen and oxygen atoms in total. The Hall–Kier alpha value is -0.790. The maximum Gasteiger partial charge on any atom is 0.0472 e. The highest BCUT2D eigenvalue weighted by atomic mass is 14.9. The molecule has 1 N–H and O–H groups in total. The molecule has 0 spiro atoms. The Kier molecular flexibility index (Phi) is 7.10. The molecule has 0 radical (unpaired) electrons. The highest BCUT2D eigenvalue weighted by molar-refractivity contribution is 5.93. The molecule has 0 aromatic heterocycles. The van der Waals surface area contributed by atoms with Crippen LogP contribution < -0.4 is 5.32 Å². The molecule has 0 heterocycles. The van der Waals surface area contributed by atoms with Crippen LogP contribution >= 0.6 is 0 Å². The largest absolute Gasteiger partial charge is 0.386 e. The Morgan fingerprint density at radius 1 is 1.20 bits per heavy atom. The predicted molar refractivity (Wildman–Crippen MR) is 69.5 cm³/mol. The van der Waals surface area contributed by atoms with Crippen LogP contribution in [-0.4, -0.2) is 17.8 Å². The molecule has 2 atom stereocenters. The third kappa shape index (κ3) is 7.18. The lowest BCUT2D eigenvalue weighted by atomic mass is 10.2. The van der Waals surface area contributed by atoms with Gasteiger partial charge in [0, 0.05) is 23.5 Å². The van der Waals surface area contributed by atoms with Crippen molar-refractivity contribution < 1.29 is 0 Å². The number of allylic oxidation sites excluding steroid dienone is 2. The van der Waals surface area contributed by atoms with Crippen LogP contribution in [0.25, 0.3) is 0 Å². The van der Waals surface area contributed by atoms with Crippen LogP contribution in [0.1, 0.15) is 54.4 Å². The molecule has 15 heavy (non-hydrogen) atoms. The maximum absolute atomic E-state index is 4.57. The molecule has 0 aromatic carbocycles. The van der Waals surface area contributed by atoms with Crippen molar-refractivity contribution >= 4 is 5.71 Å². The predicted octanol–water partition coefficient (Wildman–Crippen LogP) is 3.54. The quantitative estimate of drug-likeness (QED) is 0.666. The van der Waals surface area contributed by atoms with Gasteiger partial charge in [0.15, 0.2) is 0 Å². The summed E-state index contributed by atoms with van der Waals surface area (Å²) in [6.45, 7) is 12.9. The second-order valence-electron chi connectivity index (χ2n) is 4.31. The molecule has 0 aliphatic carbocycles. The average molecular weight is 210 g/mol. The highest BCUT2D eigenvalue weighted by Gasteiger charge is 1.98. The first-order chi connectivity index (χ1) is 6.99. The first kappa shape index (κ1) is 14.2. The van der Waals surface area contributed by atoms with Crippen molar-refractivity contribution in [1.82, 2.24) is 5.32 Å². The lowest BCUT2D eigenvalue weighted by Gasteiger charge is -2.13. The monoisotopic (exact) mass is 210 g/mol. The number of nitrogens with zero attached hydrogens (tertiary/aromatic N) is 1. The molecule has 0 amide bonds. The summed E-state index contributed by atoms with van der Waals surface area (Å²) in [5.74, 6) is 0. The zero-order chi connectivity index (χ0) is 11.8. The zero-order valence-electron chi connectivity index (χ0n) is 11.1. The van der Waals surface area contributed by atoms with Gasteiger partial charge in [0.05, 0.1) is 0 Å². The summed E-state index contributed by atoms with van der Waals surface area (Å²) < 4.78 is 0. The van der Waals surface area contributed by atoms with Gasteiger partial charge in [-0.3, -0.25) is 4.99 Å². The van der Waals surface area contributed by atoms with Gasteiger partial charge in [-0.05, 0) is 46.6 Å². The van der Waals surface area contributed by atoms with Gasteiger partial charge in [0.1, 0.15) is 0 Å². The summed E-state index contributed by atoms with van der Waals surface area (Å²) >= 11 is 0. The van der Waals surface area contributed by atoms with E-state index in [0.717, 1.165) is 18.6 Å². The summed E-state index contributed by atoms with van der Waals surface area (Å²) in [5, 5.41) is 3.43. The minimum atomic E-state index is 0.428.